The molecule has 2 atom stereocenters. The largest absolute Gasteiger partial charge is 0.329 e. The minimum atomic E-state index is -3.39. The first-order valence-corrected chi connectivity index (χ1v) is 9.51. The molecule has 4 nitrogen and oxygen atoms in total. The lowest BCUT2D eigenvalue weighted by molar-refractivity contribution is 0.198. The fourth-order valence-corrected chi connectivity index (χ4v) is 6.37. The van der Waals surface area contributed by atoms with Crippen LogP contribution in [0.2, 0.25) is 0 Å². The van der Waals surface area contributed by atoms with E-state index in [0.717, 1.165) is 23.0 Å². The van der Waals surface area contributed by atoms with Gasteiger partial charge in [-0.1, -0.05) is 13.3 Å². The van der Waals surface area contributed by atoms with E-state index in [2.05, 4.69) is 22.9 Å². The first kappa shape index (κ1) is 15.4. The maximum absolute atomic E-state index is 12.6. The molecular weight excluding hydrogens is 348 g/mol. The zero-order valence-electron chi connectivity index (χ0n) is 10.9. The highest BCUT2D eigenvalue weighted by molar-refractivity contribution is 9.11. The quantitative estimate of drug-likeness (QED) is 0.890. The van der Waals surface area contributed by atoms with Crippen molar-refractivity contribution in [2.45, 2.75) is 36.4 Å². The van der Waals surface area contributed by atoms with E-state index in [9.17, 15) is 8.42 Å². The van der Waals surface area contributed by atoms with Crippen molar-refractivity contribution in [1.29, 1.82) is 0 Å². The fourth-order valence-electron chi connectivity index (χ4n) is 2.57. The summed E-state index contributed by atoms with van der Waals surface area (Å²) in [5.74, 6) is 0.593. The molecule has 2 N–H and O–H groups in total. The van der Waals surface area contributed by atoms with Crippen LogP contribution in [0.5, 0.6) is 0 Å². The molecule has 0 saturated carbocycles. The van der Waals surface area contributed by atoms with Crippen molar-refractivity contribution < 1.29 is 8.42 Å². The molecule has 7 heteroatoms. The standard InChI is InChI=1S/C12H19BrN2O2S2/c1-2-9-5-6-15(10(7-9)8-14)19(16,17)12-4-3-11(13)18-12/h3-4,9-10H,2,5-8,14H2,1H3. The number of nitrogens with two attached hydrogens (primary N) is 1. The normalized spacial score (nSPS) is 25.6. The number of sulfonamides is 1. The molecule has 1 aliphatic rings. The van der Waals surface area contributed by atoms with E-state index < -0.39 is 10.0 Å². The second kappa shape index (κ2) is 6.22. The van der Waals surface area contributed by atoms with E-state index in [1.165, 1.54) is 11.3 Å². The summed E-state index contributed by atoms with van der Waals surface area (Å²) in [4.78, 5) is 0. The Bertz CT molecular complexity index is 530. The van der Waals surface area contributed by atoms with Crippen LogP contribution >= 0.6 is 27.3 Å². The summed E-state index contributed by atoms with van der Waals surface area (Å²) in [7, 11) is -3.39. The molecule has 1 fully saturated rings. The van der Waals surface area contributed by atoms with E-state index in [0.29, 0.717) is 23.2 Å². The fraction of sp³-hybridized carbons (Fsp3) is 0.667. The highest BCUT2D eigenvalue weighted by atomic mass is 79.9. The van der Waals surface area contributed by atoms with Gasteiger partial charge in [0, 0.05) is 19.1 Å². The second-order valence-electron chi connectivity index (χ2n) is 4.86. The maximum Gasteiger partial charge on any atom is 0.252 e. The van der Waals surface area contributed by atoms with Crippen molar-refractivity contribution in [3.8, 4) is 0 Å². The van der Waals surface area contributed by atoms with Crippen molar-refractivity contribution >= 4 is 37.3 Å². The molecule has 1 aliphatic heterocycles. The SMILES string of the molecule is CCC1CCN(S(=O)(=O)c2ccc(Br)s2)C(CN)C1. The van der Waals surface area contributed by atoms with E-state index in [1.807, 2.05) is 0 Å². The van der Waals surface area contributed by atoms with Crippen LogP contribution in [0.1, 0.15) is 26.2 Å². The number of rotatable bonds is 4. The van der Waals surface area contributed by atoms with Gasteiger partial charge in [0.1, 0.15) is 4.21 Å². The molecule has 2 rings (SSSR count). The van der Waals surface area contributed by atoms with Gasteiger partial charge < -0.3 is 5.73 Å². The molecule has 2 unspecified atom stereocenters. The summed E-state index contributed by atoms with van der Waals surface area (Å²) in [5, 5.41) is 0. The molecule has 108 valence electrons. The van der Waals surface area contributed by atoms with E-state index >= 15 is 0 Å². The average Bonchev–Trinajstić information content (AvgIpc) is 2.85. The molecule has 0 amide bonds. The van der Waals surface area contributed by atoms with E-state index in [1.54, 1.807) is 16.4 Å². The summed E-state index contributed by atoms with van der Waals surface area (Å²) in [5.41, 5.74) is 5.78. The predicted molar refractivity (Wildman–Crippen MR) is 81.8 cm³/mol. The average molecular weight is 367 g/mol. The molecule has 0 aliphatic carbocycles. The highest BCUT2D eigenvalue weighted by Gasteiger charge is 2.36. The van der Waals surface area contributed by atoms with Gasteiger partial charge in [-0.3, -0.25) is 0 Å². The molecule has 0 bridgehead atoms. The van der Waals surface area contributed by atoms with Gasteiger partial charge in [0.15, 0.2) is 0 Å². The van der Waals surface area contributed by atoms with Crippen LogP contribution in [0.3, 0.4) is 0 Å². The van der Waals surface area contributed by atoms with Gasteiger partial charge in [-0.05, 0) is 46.8 Å². The van der Waals surface area contributed by atoms with Crippen LogP contribution in [-0.2, 0) is 10.0 Å². The van der Waals surface area contributed by atoms with Gasteiger partial charge in [0.25, 0.3) is 10.0 Å². The number of hydrogen-bond acceptors (Lipinski definition) is 4. The zero-order chi connectivity index (χ0) is 14.0. The Kier molecular flexibility index (Phi) is 5.05. The Labute approximate surface area is 127 Å². The Morgan fingerprint density at radius 1 is 1.53 bits per heavy atom. The van der Waals surface area contributed by atoms with Crippen LogP contribution < -0.4 is 5.73 Å². The summed E-state index contributed by atoms with van der Waals surface area (Å²) < 4.78 is 28.1. The Morgan fingerprint density at radius 2 is 2.26 bits per heavy atom. The van der Waals surface area contributed by atoms with Crippen molar-refractivity contribution in [3.63, 3.8) is 0 Å². The van der Waals surface area contributed by atoms with Gasteiger partial charge in [-0.25, -0.2) is 8.42 Å². The highest BCUT2D eigenvalue weighted by Crippen LogP contribution is 2.33. The van der Waals surface area contributed by atoms with Crippen molar-refractivity contribution in [1.82, 2.24) is 4.31 Å². The molecule has 0 radical (unpaired) electrons. The number of halogens is 1. The van der Waals surface area contributed by atoms with Gasteiger partial charge >= 0.3 is 0 Å². The third kappa shape index (κ3) is 3.21. The first-order valence-electron chi connectivity index (χ1n) is 6.46. The summed E-state index contributed by atoms with van der Waals surface area (Å²) in [6.45, 7) is 3.12. The molecule has 0 aromatic carbocycles. The van der Waals surface area contributed by atoms with Crippen LogP contribution in [0.4, 0.5) is 0 Å². The number of thiophene rings is 1. The molecule has 1 aromatic heterocycles. The molecular formula is C12H19BrN2O2S2. The topological polar surface area (TPSA) is 63.4 Å². The lowest BCUT2D eigenvalue weighted by Gasteiger charge is -2.37. The zero-order valence-corrected chi connectivity index (χ0v) is 14.1. The van der Waals surface area contributed by atoms with Gasteiger partial charge in [0.05, 0.1) is 3.79 Å². The van der Waals surface area contributed by atoms with Gasteiger partial charge in [-0.15, -0.1) is 11.3 Å². The lowest BCUT2D eigenvalue weighted by atomic mass is 9.90. The van der Waals surface area contributed by atoms with Crippen LogP contribution in [0, 0.1) is 5.92 Å². The molecule has 0 spiro atoms. The second-order valence-corrected chi connectivity index (χ2v) is 9.44. The number of hydrogen-bond donors (Lipinski definition) is 1. The van der Waals surface area contributed by atoms with Crippen molar-refractivity contribution in [3.05, 3.63) is 15.9 Å². The monoisotopic (exact) mass is 366 g/mol. The summed E-state index contributed by atoms with van der Waals surface area (Å²) in [6, 6.07) is 3.36. The first-order chi connectivity index (χ1) is 8.98. The smallest absolute Gasteiger partial charge is 0.252 e. The third-order valence-electron chi connectivity index (χ3n) is 3.73. The Morgan fingerprint density at radius 3 is 2.79 bits per heavy atom. The molecule has 2 heterocycles. The third-order valence-corrected chi connectivity index (χ3v) is 7.77. The summed E-state index contributed by atoms with van der Waals surface area (Å²) in [6.07, 6.45) is 2.90. The van der Waals surface area contributed by atoms with Crippen molar-refractivity contribution in [2.24, 2.45) is 11.7 Å². The van der Waals surface area contributed by atoms with Crippen LogP contribution in [0.15, 0.2) is 20.1 Å². The molecule has 19 heavy (non-hydrogen) atoms. The number of piperidine rings is 1. The summed E-state index contributed by atoms with van der Waals surface area (Å²) >= 11 is 4.57. The van der Waals surface area contributed by atoms with E-state index in [4.69, 9.17) is 5.73 Å². The Balaban J connectivity index is 2.25. The van der Waals surface area contributed by atoms with Crippen molar-refractivity contribution in [2.75, 3.05) is 13.1 Å². The molecule has 1 aromatic rings. The van der Waals surface area contributed by atoms with Gasteiger partial charge in [-0.2, -0.15) is 4.31 Å². The van der Waals surface area contributed by atoms with Crippen LogP contribution in [0.25, 0.3) is 0 Å². The van der Waals surface area contributed by atoms with Crippen LogP contribution in [-0.4, -0.2) is 31.9 Å². The number of nitrogens with zero attached hydrogens (tertiary/aromatic N) is 1. The minimum absolute atomic E-state index is 0.0652. The maximum atomic E-state index is 12.6. The predicted octanol–water partition coefficient (Wildman–Crippen LogP) is 2.65. The lowest BCUT2D eigenvalue weighted by Crippen LogP contribution is -2.49. The van der Waals surface area contributed by atoms with Gasteiger partial charge in [0.2, 0.25) is 0 Å². The molecule has 1 saturated heterocycles. The van der Waals surface area contributed by atoms with E-state index in [-0.39, 0.29) is 6.04 Å². The Hall–Kier alpha value is 0.0500. The minimum Gasteiger partial charge on any atom is -0.329 e.